The average Bonchev–Trinajstić information content (AvgIpc) is 3.02. The van der Waals surface area contributed by atoms with Crippen LogP contribution in [-0.4, -0.2) is 25.8 Å². The molecule has 136 valence electrons. The number of aryl methyl sites for hydroxylation is 1. The van der Waals surface area contributed by atoms with Crippen molar-refractivity contribution < 1.29 is 9.90 Å². The third kappa shape index (κ3) is 3.19. The average molecular weight is 372 g/mol. The van der Waals surface area contributed by atoms with Crippen molar-refractivity contribution in [1.29, 1.82) is 0 Å². The first kappa shape index (κ1) is 18.4. The van der Waals surface area contributed by atoms with Gasteiger partial charge < -0.3 is 5.11 Å². The maximum atomic E-state index is 11.9. The summed E-state index contributed by atoms with van der Waals surface area (Å²) in [5, 5.41) is 15.9. The molecule has 0 fully saturated rings. The van der Waals surface area contributed by atoms with Gasteiger partial charge in [-0.3, -0.25) is 0 Å². The zero-order chi connectivity index (χ0) is 18.8. The third-order valence-electron chi connectivity index (χ3n) is 4.75. The van der Waals surface area contributed by atoms with Gasteiger partial charge in [-0.1, -0.05) is 32.4 Å². The Bertz CT molecular complexity index is 944. The molecule has 0 saturated heterocycles. The Morgan fingerprint density at radius 3 is 2.38 bits per heavy atom. The van der Waals surface area contributed by atoms with Gasteiger partial charge in [0, 0.05) is 16.6 Å². The van der Waals surface area contributed by atoms with Crippen molar-refractivity contribution in [2.45, 2.75) is 46.0 Å². The van der Waals surface area contributed by atoms with E-state index in [1.165, 1.54) is 0 Å². The Labute approximate surface area is 157 Å². The van der Waals surface area contributed by atoms with Gasteiger partial charge in [-0.2, -0.15) is 5.10 Å². The SMILES string of the molecule is CCc1cc(C(=O)O)c2c(C(CC)CC)nn(-c3ccc(Cl)cc3)c2n1. The van der Waals surface area contributed by atoms with Crippen molar-refractivity contribution in [3.63, 3.8) is 0 Å². The summed E-state index contributed by atoms with van der Waals surface area (Å²) in [6, 6.07) is 8.99. The highest BCUT2D eigenvalue weighted by atomic mass is 35.5. The van der Waals surface area contributed by atoms with E-state index in [1.807, 2.05) is 19.1 Å². The maximum Gasteiger partial charge on any atom is 0.336 e. The molecule has 6 heteroatoms. The van der Waals surface area contributed by atoms with Crippen LogP contribution in [0.15, 0.2) is 30.3 Å². The molecule has 0 bridgehead atoms. The van der Waals surface area contributed by atoms with Gasteiger partial charge in [-0.05, 0) is 49.6 Å². The maximum absolute atomic E-state index is 11.9. The van der Waals surface area contributed by atoms with Gasteiger partial charge in [-0.25, -0.2) is 14.5 Å². The largest absolute Gasteiger partial charge is 0.478 e. The van der Waals surface area contributed by atoms with Gasteiger partial charge in [0.2, 0.25) is 0 Å². The van der Waals surface area contributed by atoms with Gasteiger partial charge in [-0.15, -0.1) is 0 Å². The molecule has 3 aromatic rings. The van der Waals surface area contributed by atoms with Crippen LogP contribution in [0.4, 0.5) is 0 Å². The monoisotopic (exact) mass is 371 g/mol. The van der Waals surface area contributed by atoms with Crippen LogP contribution < -0.4 is 0 Å². The molecule has 1 N–H and O–H groups in total. The number of pyridine rings is 1. The molecule has 0 atom stereocenters. The predicted octanol–water partition coefficient (Wildman–Crippen LogP) is 5.24. The molecule has 5 nitrogen and oxygen atoms in total. The number of carbonyl (C=O) groups is 1. The van der Waals surface area contributed by atoms with Gasteiger partial charge in [0.1, 0.15) is 0 Å². The molecule has 0 aliphatic rings. The Morgan fingerprint density at radius 2 is 1.85 bits per heavy atom. The van der Waals surface area contributed by atoms with Gasteiger partial charge in [0.25, 0.3) is 0 Å². The molecular weight excluding hydrogens is 350 g/mol. The van der Waals surface area contributed by atoms with Crippen LogP contribution in [0.25, 0.3) is 16.7 Å². The number of nitrogens with zero attached hydrogens (tertiary/aromatic N) is 3. The zero-order valence-corrected chi connectivity index (χ0v) is 15.9. The highest BCUT2D eigenvalue weighted by molar-refractivity contribution is 6.30. The Kier molecular flexibility index (Phi) is 5.28. The van der Waals surface area contributed by atoms with Crippen LogP contribution >= 0.6 is 11.6 Å². The number of hydrogen-bond acceptors (Lipinski definition) is 3. The van der Waals surface area contributed by atoms with E-state index in [0.29, 0.717) is 22.5 Å². The second-order valence-corrected chi connectivity index (χ2v) is 6.74. The second kappa shape index (κ2) is 7.46. The van der Waals surface area contributed by atoms with Crippen molar-refractivity contribution >= 4 is 28.6 Å². The van der Waals surface area contributed by atoms with Crippen LogP contribution in [0.5, 0.6) is 0 Å². The predicted molar refractivity (Wildman–Crippen MR) is 104 cm³/mol. The number of halogens is 1. The van der Waals surface area contributed by atoms with Crippen molar-refractivity contribution in [2.75, 3.05) is 0 Å². The summed E-state index contributed by atoms with van der Waals surface area (Å²) in [6.45, 7) is 6.15. The molecule has 0 radical (unpaired) electrons. The number of benzene rings is 1. The Balaban J connectivity index is 2.39. The fourth-order valence-corrected chi connectivity index (χ4v) is 3.39. The first-order valence-electron chi connectivity index (χ1n) is 8.91. The molecule has 3 rings (SSSR count). The standard InChI is InChI=1S/C20H22ClN3O2/c1-4-12(5-2)18-17-16(20(25)26)11-14(6-3)22-19(17)24(23-18)15-9-7-13(21)8-10-15/h7-12H,4-6H2,1-3H3,(H,25,26). The van der Waals surface area contributed by atoms with E-state index in [4.69, 9.17) is 21.7 Å². The fourth-order valence-electron chi connectivity index (χ4n) is 3.27. The van der Waals surface area contributed by atoms with E-state index in [9.17, 15) is 9.90 Å². The topological polar surface area (TPSA) is 68.0 Å². The number of carboxylic acids is 1. The van der Waals surface area contributed by atoms with Crippen molar-refractivity contribution in [3.8, 4) is 5.69 Å². The van der Waals surface area contributed by atoms with Crippen LogP contribution in [0, 0.1) is 0 Å². The summed E-state index contributed by atoms with van der Waals surface area (Å²) in [5.74, 6) is -0.770. The minimum absolute atomic E-state index is 0.179. The summed E-state index contributed by atoms with van der Waals surface area (Å²) in [4.78, 5) is 16.7. The molecule has 0 aliphatic carbocycles. The number of fused-ring (bicyclic) bond motifs is 1. The van der Waals surface area contributed by atoms with Gasteiger partial charge in [0.15, 0.2) is 5.65 Å². The molecule has 0 amide bonds. The quantitative estimate of drug-likeness (QED) is 0.643. The summed E-state index contributed by atoms with van der Waals surface area (Å²) < 4.78 is 1.74. The Morgan fingerprint density at radius 1 is 1.19 bits per heavy atom. The van der Waals surface area contributed by atoms with E-state index in [1.54, 1.807) is 22.9 Å². The van der Waals surface area contributed by atoms with Crippen molar-refractivity contribution in [3.05, 3.63) is 52.3 Å². The van der Waals surface area contributed by atoms with Gasteiger partial charge >= 0.3 is 5.97 Å². The molecule has 1 aromatic carbocycles. The van der Waals surface area contributed by atoms with Crippen molar-refractivity contribution in [1.82, 2.24) is 14.8 Å². The lowest BCUT2D eigenvalue weighted by Crippen LogP contribution is -2.04. The number of carboxylic acid groups (broad SMARTS) is 1. The highest BCUT2D eigenvalue weighted by Crippen LogP contribution is 2.33. The van der Waals surface area contributed by atoms with Crippen LogP contribution in [0.2, 0.25) is 5.02 Å². The van der Waals surface area contributed by atoms with Crippen molar-refractivity contribution in [2.24, 2.45) is 0 Å². The molecule has 2 heterocycles. The summed E-state index contributed by atoms with van der Waals surface area (Å²) in [6.07, 6.45) is 2.43. The molecule has 0 saturated carbocycles. The van der Waals surface area contributed by atoms with Crippen LogP contribution in [0.3, 0.4) is 0 Å². The molecule has 2 aromatic heterocycles. The second-order valence-electron chi connectivity index (χ2n) is 6.31. The minimum Gasteiger partial charge on any atom is -0.478 e. The van der Waals surface area contributed by atoms with E-state index >= 15 is 0 Å². The van der Waals surface area contributed by atoms with Crippen LogP contribution in [0.1, 0.15) is 61.3 Å². The fraction of sp³-hybridized carbons (Fsp3) is 0.350. The van der Waals surface area contributed by atoms with E-state index in [0.717, 1.165) is 29.9 Å². The van der Waals surface area contributed by atoms with E-state index < -0.39 is 5.97 Å². The number of rotatable bonds is 6. The number of aromatic nitrogens is 3. The third-order valence-corrected chi connectivity index (χ3v) is 5.01. The summed E-state index contributed by atoms with van der Waals surface area (Å²) in [5.41, 5.74) is 3.21. The summed E-state index contributed by atoms with van der Waals surface area (Å²) >= 11 is 6.01. The number of hydrogen-bond donors (Lipinski definition) is 1. The number of aromatic carboxylic acids is 1. The molecular formula is C20H22ClN3O2. The smallest absolute Gasteiger partial charge is 0.336 e. The molecule has 26 heavy (non-hydrogen) atoms. The zero-order valence-electron chi connectivity index (χ0n) is 15.2. The lowest BCUT2D eigenvalue weighted by Gasteiger charge is -2.10. The lowest BCUT2D eigenvalue weighted by molar-refractivity contribution is 0.0698. The first-order valence-corrected chi connectivity index (χ1v) is 9.29. The highest BCUT2D eigenvalue weighted by Gasteiger charge is 2.25. The molecule has 0 unspecified atom stereocenters. The van der Waals surface area contributed by atoms with Gasteiger partial charge in [0.05, 0.1) is 22.3 Å². The lowest BCUT2D eigenvalue weighted by atomic mass is 9.95. The van der Waals surface area contributed by atoms with E-state index in [-0.39, 0.29) is 11.5 Å². The van der Waals surface area contributed by atoms with Crippen LogP contribution in [-0.2, 0) is 6.42 Å². The molecule has 0 spiro atoms. The Hall–Kier alpha value is -2.40. The minimum atomic E-state index is -0.949. The summed E-state index contributed by atoms with van der Waals surface area (Å²) in [7, 11) is 0. The molecule has 0 aliphatic heterocycles. The van der Waals surface area contributed by atoms with E-state index in [2.05, 4.69) is 13.8 Å². The normalized spacial score (nSPS) is 11.4. The first-order chi connectivity index (χ1) is 12.5.